The molecule has 0 bridgehead atoms. The summed E-state index contributed by atoms with van der Waals surface area (Å²) in [6.07, 6.45) is 14.2. The van der Waals surface area contributed by atoms with Gasteiger partial charge >= 0.3 is 0 Å². The van der Waals surface area contributed by atoms with Gasteiger partial charge in [-0.3, -0.25) is 0 Å². The fraction of sp³-hybridized carbons (Fsp3) is 1.00. The smallest absolute Gasteiger partial charge is 0.0708 e. The van der Waals surface area contributed by atoms with Gasteiger partial charge in [-0.25, -0.2) is 0 Å². The molecule has 0 radical (unpaired) electrons. The van der Waals surface area contributed by atoms with Crippen LogP contribution in [0.4, 0.5) is 0 Å². The zero-order valence-electron chi connectivity index (χ0n) is 11.9. The van der Waals surface area contributed by atoms with Crippen molar-refractivity contribution in [2.45, 2.75) is 88.9 Å². The standard InChI is InChI=1S/C16H29NO/c1-13(11-14-5-6-14)17-12-15-7-10-16(18-15)8-3-2-4-9-16/h13-15,17H,2-12H2,1H3. The molecule has 0 amide bonds. The fourth-order valence-corrected chi connectivity index (χ4v) is 3.87. The fourth-order valence-electron chi connectivity index (χ4n) is 3.87. The van der Waals surface area contributed by atoms with E-state index >= 15 is 0 Å². The molecular weight excluding hydrogens is 222 g/mol. The molecule has 104 valence electrons. The summed E-state index contributed by atoms with van der Waals surface area (Å²) < 4.78 is 6.40. The number of ether oxygens (including phenoxy) is 1. The van der Waals surface area contributed by atoms with E-state index in [1.165, 1.54) is 64.2 Å². The van der Waals surface area contributed by atoms with E-state index < -0.39 is 0 Å². The van der Waals surface area contributed by atoms with E-state index in [1.807, 2.05) is 0 Å². The zero-order chi connectivity index (χ0) is 12.4. The van der Waals surface area contributed by atoms with Crippen molar-refractivity contribution in [3.8, 4) is 0 Å². The predicted molar refractivity (Wildman–Crippen MR) is 74.7 cm³/mol. The molecule has 1 heterocycles. The Kier molecular flexibility index (Phi) is 3.95. The molecule has 2 atom stereocenters. The van der Waals surface area contributed by atoms with Gasteiger partial charge in [-0.05, 0) is 44.9 Å². The molecule has 18 heavy (non-hydrogen) atoms. The van der Waals surface area contributed by atoms with Gasteiger partial charge in [-0.15, -0.1) is 0 Å². The predicted octanol–water partition coefficient (Wildman–Crippen LogP) is 3.65. The number of hydrogen-bond donors (Lipinski definition) is 1. The van der Waals surface area contributed by atoms with E-state index in [2.05, 4.69) is 12.2 Å². The van der Waals surface area contributed by atoms with Gasteiger partial charge in [0.1, 0.15) is 0 Å². The molecular formula is C16H29NO. The molecule has 1 saturated heterocycles. The summed E-state index contributed by atoms with van der Waals surface area (Å²) >= 11 is 0. The summed E-state index contributed by atoms with van der Waals surface area (Å²) in [7, 11) is 0. The third-order valence-electron chi connectivity index (χ3n) is 5.18. The Labute approximate surface area is 112 Å². The van der Waals surface area contributed by atoms with Crippen LogP contribution in [0.1, 0.15) is 71.1 Å². The minimum Gasteiger partial charge on any atom is -0.370 e. The van der Waals surface area contributed by atoms with E-state index in [4.69, 9.17) is 4.74 Å². The molecule has 2 aliphatic carbocycles. The van der Waals surface area contributed by atoms with Crippen molar-refractivity contribution in [1.82, 2.24) is 5.32 Å². The quantitative estimate of drug-likeness (QED) is 0.805. The van der Waals surface area contributed by atoms with Crippen molar-refractivity contribution in [2.24, 2.45) is 5.92 Å². The summed E-state index contributed by atoms with van der Waals surface area (Å²) in [6.45, 7) is 3.42. The van der Waals surface area contributed by atoms with E-state index in [9.17, 15) is 0 Å². The van der Waals surface area contributed by atoms with Crippen molar-refractivity contribution >= 4 is 0 Å². The first-order chi connectivity index (χ1) is 8.76. The monoisotopic (exact) mass is 251 g/mol. The first-order valence-corrected chi connectivity index (χ1v) is 8.17. The van der Waals surface area contributed by atoms with E-state index in [0.717, 1.165) is 12.5 Å². The Bertz CT molecular complexity index is 268. The average molecular weight is 251 g/mol. The Balaban J connectivity index is 1.38. The molecule has 0 aromatic heterocycles. The summed E-state index contributed by atoms with van der Waals surface area (Å²) in [5.74, 6) is 1.03. The molecule has 2 nitrogen and oxygen atoms in total. The zero-order valence-corrected chi connectivity index (χ0v) is 11.9. The lowest BCUT2D eigenvalue weighted by Gasteiger charge is -2.33. The molecule has 3 fully saturated rings. The highest BCUT2D eigenvalue weighted by atomic mass is 16.5. The molecule has 2 heteroatoms. The van der Waals surface area contributed by atoms with Crippen LogP contribution in [0.5, 0.6) is 0 Å². The Morgan fingerprint density at radius 1 is 1.11 bits per heavy atom. The van der Waals surface area contributed by atoms with Gasteiger partial charge in [0.25, 0.3) is 0 Å². The largest absolute Gasteiger partial charge is 0.370 e. The summed E-state index contributed by atoms with van der Waals surface area (Å²) in [5.41, 5.74) is 0.296. The molecule has 1 aliphatic heterocycles. The first-order valence-electron chi connectivity index (χ1n) is 8.17. The van der Waals surface area contributed by atoms with Gasteiger partial charge in [-0.1, -0.05) is 32.1 Å². The summed E-state index contributed by atoms with van der Waals surface area (Å²) in [4.78, 5) is 0. The van der Waals surface area contributed by atoms with Crippen LogP contribution >= 0.6 is 0 Å². The van der Waals surface area contributed by atoms with Gasteiger partial charge in [-0.2, -0.15) is 0 Å². The third-order valence-corrected chi connectivity index (χ3v) is 5.18. The molecule has 3 aliphatic rings. The van der Waals surface area contributed by atoms with Gasteiger partial charge in [0.15, 0.2) is 0 Å². The first kappa shape index (κ1) is 12.9. The normalized spacial score (nSPS) is 32.8. The number of nitrogens with one attached hydrogen (secondary N) is 1. The Morgan fingerprint density at radius 3 is 2.61 bits per heavy atom. The maximum absolute atomic E-state index is 6.40. The second kappa shape index (κ2) is 5.50. The van der Waals surface area contributed by atoms with Gasteiger partial charge in [0, 0.05) is 12.6 Å². The number of hydrogen-bond acceptors (Lipinski definition) is 2. The van der Waals surface area contributed by atoms with E-state index in [-0.39, 0.29) is 0 Å². The number of rotatable bonds is 5. The lowest BCUT2D eigenvalue weighted by molar-refractivity contribution is -0.0629. The topological polar surface area (TPSA) is 21.3 Å². The minimum absolute atomic E-state index is 0.296. The lowest BCUT2D eigenvalue weighted by atomic mass is 9.83. The van der Waals surface area contributed by atoms with Crippen LogP contribution in [-0.4, -0.2) is 24.3 Å². The second-order valence-corrected chi connectivity index (χ2v) is 7.01. The summed E-state index contributed by atoms with van der Waals surface area (Å²) in [6, 6.07) is 0.684. The lowest BCUT2D eigenvalue weighted by Crippen LogP contribution is -2.37. The van der Waals surface area contributed by atoms with Gasteiger partial charge in [0.2, 0.25) is 0 Å². The van der Waals surface area contributed by atoms with E-state index in [0.29, 0.717) is 17.7 Å². The highest BCUT2D eigenvalue weighted by Gasteiger charge is 2.40. The molecule has 0 aromatic carbocycles. The van der Waals surface area contributed by atoms with Crippen LogP contribution in [0.15, 0.2) is 0 Å². The van der Waals surface area contributed by atoms with Gasteiger partial charge < -0.3 is 10.1 Å². The minimum atomic E-state index is 0.296. The van der Waals surface area contributed by atoms with Crippen LogP contribution in [0, 0.1) is 5.92 Å². The highest BCUT2D eigenvalue weighted by Crippen LogP contribution is 2.41. The highest BCUT2D eigenvalue weighted by molar-refractivity contribution is 4.92. The molecule has 0 aromatic rings. The van der Waals surface area contributed by atoms with Crippen molar-refractivity contribution in [3.05, 3.63) is 0 Å². The van der Waals surface area contributed by atoms with Crippen LogP contribution in [0.3, 0.4) is 0 Å². The molecule has 2 saturated carbocycles. The van der Waals surface area contributed by atoms with Crippen LogP contribution < -0.4 is 5.32 Å². The molecule has 3 rings (SSSR count). The van der Waals surface area contributed by atoms with Gasteiger partial charge in [0.05, 0.1) is 11.7 Å². The molecule has 1 N–H and O–H groups in total. The SMILES string of the molecule is CC(CC1CC1)NCC1CCC2(CCCCC2)O1. The maximum Gasteiger partial charge on any atom is 0.0708 e. The van der Waals surface area contributed by atoms with Crippen molar-refractivity contribution < 1.29 is 4.74 Å². The van der Waals surface area contributed by atoms with Crippen molar-refractivity contribution in [3.63, 3.8) is 0 Å². The van der Waals surface area contributed by atoms with Crippen molar-refractivity contribution in [2.75, 3.05) is 6.54 Å². The molecule has 1 spiro atoms. The van der Waals surface area contributed by atoms with Crippen molar-refractivity contribution in [1.29, 1.82) is 0 Å². The van der Waals surface area contributed by atoms with Crippen LogP contribution in [0.25, 0.3) is 0 Å². The Hall–Kier alpha value is -0.0800. The molecule has 2 unspecified atom stereocenters. The summed E-state index contributed by atoms with van der Waals surface area (Å²) in [5, 5.41) is 3.69. The Morgan fingerprint density at radius 2 is 1.89 bits per heavy atom. The third kappa shape index (κ3) is 3.27. The second-order valence-electron chi connectivity index (χ2n) is 7.01. The van der Waals surface area contributed by atoms with Crippen LogP contribution in [-0.2, 0) is 4.74 Å². The maximum atomic E-state index is 6.40. The van der Waals surface area contributed by atoms with Crippen LogP contribution in [0.2, 0.25) is 0 Å². The average Bonchev–Trinajstić information content (AvgIpc) is 3.10. The van der Waals surface area contributed by atoms with E-state index in [1.54, 1.807) is 0 Å².